The summed E-state index contributed by atoms with van der Waals surface area (Å²) >= 11 is 0. The van der Waals surface area contributed by atoms with Gasteiger partial charge in [-0.05, 0) is 104 Å². The Labute approximate surface area is 345 Å². The molecule has 12 rings (SSSR count). The van der Waals surface area contributed by atoms with E-state index >= 15 is 0 Å². The van der Waals surface area contributed by atoms with E-state index in [1.165, 1.54) is 66.8 Å². The van der Waals surface area contributed by atoms with Crippen molar-refractivity contribution in [3.8, 4) is 33.4 Å². The molecule has 59 heavy (non-hydrogen) atoms. The molecule has 0 radical (unpaired) electrons. The summed E-state index contributed by atoms with van der Waals surface area (Å²) in [7, 11) is 0. The lowest BCUT2D eigenvalue weighted by Gasteiger charge is -2.37. The molecule has 9 aromatic rings. The van der Waals surface area contributed by atoms with Gasteiger partial charge in [-0.25, -0.2) is 0 Å². The molecule has 0 unspecified atom stereocenters. The van der Waals surface area contributed by atoms with Crippen LogP contribution in [0.15, 0.2) is 218 Å². The molecule has 1 heterocycles. The number of para-hydroxylation sites is 4. The Morgan fingerprint density at radius 3 is 1.58 bits per heavy atom. The molecule has 0 bridgehead atoms. The first-order valence-electron chi connectivity index (χ1n) is 20.4. The highest BCUT2D eigenvalue weighted by Crippen LogP contribution is 2.61. The molecule has 0 aromatic heterocycles. The third-order valence-corrected chi connectivity index (χ3v) is 12.6. The Morgan fingerprint density at radius 2 is 0.864 bits per heavy atom. The second kappa shape index (κ2) is 13.2. The molecule has 9 aromatic carbocycles. The van der Waals surface area contributed by atoms with Crippen molar-refractivity contribution in [3.63, 3.8) is 0 Å². The Bertz CT molecular complexity index is 3070. The lowest BCUT2D eigenvalue weighted by Crippen LogP contribution is -2.30. The largest absolute Gasteiger partial charge is 0.308 e. The summed E-state index contributed by atoms with van der Waals surface area (Å²) in [5.74, 6) is 0. The smallest absolute Gasteiger partial charge is 0.0781 e. The third-order valence-electron chi connectivity index (χ3n) is 12.6. The van der Waals surface area contributed by atoms with Crippen molar-refractivity contribution in [1.82, 2.24) is 0 Å². The monoisotopic (exact) mass is 750 g/mol. The van der Waals surface area contributed by atoms with Crippen molar-refractivity contribution in [2.75, 3.05) is 9.80 Å². The molecule has 0 fully saturated rings. The van der Waals surface area contributed by atoms with Gasteiger partial charge >= 0.3 is 0 Å². The first-order chi connectivity index (χ1) is 29.3. The molecule has 2 heteroatoms. The molecular formula is C57H38N2. The van der Waals surface area contributed by atoms with Gasteiger partial charge in [-0.15, -0.1) is 0 Å². The molecule has 0 amide bonds. The fraction of sp³-hybridized carbons (Fsp3) is 0.0175. The van der Waals surface area contributed by atoms with Gasteiger partial charge < -0.3 is 9.80 Å². The maximum absolute atomic E-state index is 2.49. The van der Waals surface area contributed by atoms with Gasteiger partial charge in [-0.2, -0.15) is 0 Å². The van der Waals surface area contributed by atoms with E-state index in [1.807, 2.05) is 0 Å². The van der Waals surface area contributed by atoms with Crippen molar-refractivity contribution < 1.29 is 0 Å². The van der Waals surface area contributed by atoms with Crippen LogP contribution >= 0.6 is 0 Å². The first kappa shape index (κ1) is 33.5. The lowest BCUT2D eigenvalue weighted by molar-refractivity contribution is 0.766. The van der Waals surface area contributed by atoms with E-state index in [-0.39, 0.29) is 0 Å². The highest BCUT2D eigenvalue weighted by molar-refractivity contribution is 6.07. The number of hydrogen-bond donors (Lipinski definition) is 0. The van der Waals surface area contributed by atoms with Gasteiger partial charge in [0.05, 0.1) is 22.5 Å². The summed E-state index contributed by atoms with van der Waals surface area (Å²) in [4.78, 5) is 4.96. The Balaban J connectivity index is 1.18. The van der Waals surface area contributed by atoms with Gasteiger partial charge in [0, 0.05) is 28.2 Å². The van der Waals surface area contributed by atoms with Gasteiger partial charge in [0.15, 0.2) is 0 Å². The molecule has 0 saturated carbocycles. The molecule has 0 N–H and O–H groups in total. The summed E-state index contributed by atoms with van der Waals surface area (Å²) in [5.41, 5.74) is 21.2. The SMILES string of the molecule is C1=Cc2ccccc2C2(c3ccccc31)c1ccccc1-c1ccc(N(c3ccccc3)c3cccc4c3N(c3ccccc3)c3ccccc3-c3ccccc3-4)cc12. The van der Waals surface area contributed by atoms with Gasteiger partial charge in [-0.3, -0.25) is 0 Å². The second-order valence-electron chi connectivity index (χ2n) is 15.6. The molecule has 2 nitrogen and oxygen atoms in total. The number of anilines is 6. The highest BCUT2D eigenvalue weighted by atomic mass is 15.2. The summed E-state index contributed by atoms with van der Waals surface area (Å²) in [5, 5.41) is 0. The summed E-state index contributed by atoms with van der Waals surface area (Å²) in [6, 6.07) is 80.5. The topological polar surface area (TPSA) is 6.48 Å². The van der Waals surface area contributed by atoms with Gasteiger partial charge in [-0.1, -0.05) is 182 Å². The summed E-state index contributed by atoms with van der Waals surface area (Å²) in [6.07, 6.45) is 4.60. The molecule has 0 saturated heterocycles. The van der Waals surface area contributed by atoms with Crippen molar-refractivity contribution in [1.29, 1.82) is 0 Å². The zero-order valence-electron chi connectivity index (χ0n) is 32.3. The molecule has 3 aliphatic rings. The minimum absolute atomic E-state index is 0.539. The fourth-order valence-electron chi connectivity index (χ4n) is 10.3. The summed E-state index contributed by atoms with van der Waals surface area (Å²) in [6.45, 7) is 0. The fourth-order valence-corrected chi connectivity index (χ4v) is 10.3. The number of nitrogens with zero attached hydrogens (tertiary/aromatic N) is 2. The minimum Gasteiger partial charge on any atom is -0.308 e. The zero-order chi connectivity index (χ0) is 38.9. The van der Waals surface area contributed by atoms with E-state index < -0.39 is 5.41 Å². The Morgan fingerprint density at radius 1 is 0.339 bits per heavy atom. The maximum atomic E-state index is 2.49. The van der Waals surface area contributed by atoms with Crippen molar-refractivity contribution in [2.45, 2.75) is 5.41 Å². The van der Waals surface area contributed by atoms with Gasteiger partial charge in [0.2, 0.25) is 0 Å². The van der Waals surface area contributed by atoms with Crippen LogP contribution in [0.1, 0.15) is 33.4 Å². The Kier molecular flexibility index (Phi) is 7.48. The van der Waals surface area contributed by atoms with Crippen molar-refractivity contribution in [3.05, 3.63) is 252 Å². The molecule has 0 atom stereocenters. The predicted molar refractivity (Wildman–Crippen MR) is 246 cm³/mol. The van der Waals surface area contributed by atoms with Crippen LogP contribution in [0, 0.1) is 0 Å². The number of fused-ring (bicyclic) bond motifs is 14. The van der Waals surface area contributed by atoms with Crippen LogP contribution in [0.25, 0.3) is 45.5 Å². The van der Waals surface area contributed by atoms with E-state index in [4.69, 9.17) is 0 Å². The highest BCUT2D eigenvalue weighted by Gasteiger charge is 2.48. The Hall–Kier alpha value is -7.68. The van der Waals surface area contributed by atoms with Crippen LogP contribution in [0.3, 0.4) is 0 Å². The van der Waals surface area contributed by atoms with Crippen LogP contribution in [0.5, 0.6) is 0 Å². The second-order valence-corrected chi connectivity index (χ2v) is 15.6. The number of benzene rings is 9. The van der Waals surface area contributed by atoms with E-state index in [0.717, 1.165) is 34.1 Å². The predicted octanol–water partition coefficient (Wildman–Crippen LogP) is 15.1. The average Bonchev–Trinajstić information content (AvgIpc) is 3.41. The van der Waals surface area contributed by atoms with Crippen LogP contribution < -0.4 is 9.80 Å². The number of rotatable bonds is 4. The van der Waals surface area contributed by atoms with E-state index in [0.29, 0.717) is 0 Å². The van der Waals surface area contributed by atoms with Crippen LogP contribution in [0.4, 0.5) is 34.1 Å². The molecule has 2 aliphatic carbocycles. The number of hydrogen-bond acceptors (Lipinski definition) is 2. The van der Waals surface area contributed by atoms with Crippen LogP contribution in [-0.4, -0.2) is 0 Å². The minimum atomic E-state index is -0.539. The van der Waals surface area contributed by atoms with Gasteiger partial charge in [0.25, 0.3) is 0 Å². The van der Waals surface area contributed by atoms with Gasteiger partial charge in [0.1, 0.15) is 0 Å². The molecule has 276 valence electrons. The van der Waals surface area contributed by atoms with E-state index in [9.17, 15) is 0 Å². The standard InChI is InChI=1S/C57H38N2/c1-3-20-41(21-4-1)58(55-33-17-28-49-45-25-10-9-24-44(45)48-27-12-16-32-54(48)59(56(49)55)42-22-5-2-6-23-42)43-36-37-47-46-26-11-15-31-52(46)57(53(47)38-43)50-29-13-7-18-39(50)34-35-40-19-8-14-30-51(40)57/h1-38H. The lowest BCUT2D eigenvalue weighted by atomic mass is 9.66. The summed E-state index contributed by atoms with van der Waals surface area (Å²) < 4.78 is 0. The third kappa shape index (κ3) is 4.87. The van der Waals surface area contributed by atoms with Crippen LogP contribution in [0.2, 0.25) is 0 Å². The quantitative estimate of drug-likeness (QED) is 0.177. The molecular weight excluding hydrogens is 713 g/mol. The maximum Gasteiger partial charge on any atom is 0.0781 e. The first-order valence-corrected chi connectivity index (χ1v) is 20.4. The van der Waals surface area contributed by atoms with E-state index in [1.54, 1.807) is 0 Å². The van der Waals surface area contributed by atoms with Crippen LogP contribution in [-0.2, 0) is 5.41 Å². The average molecular weight is 751 g/mol. The normalized spacial score (nSPS) is 13.5. The molecule has 1 spiro atoms. The molecule has 1 aliphatic heterocycles. The zero-order valence-corrected chi connectivity index (χ0v) is 32.3. The van der Waals surface area contributed by atoms with Crippen molar-refractivity contribution in [2.24, 2.45) is 0 Å². The van der Waals surface area contributed by atoms with E-state index in [2.05, 4.69) is 240 Å². The van der Waals surface area contributed by atoms with Crippen molar-refractivity contribution >= 4 is 46.3 Å².